The van der Waals surface area contributed by atoms with Crippen LogP contribution in [0.2, 0.25) is 5.15 Å². The molecule has 40 heavy (non-hydrogen) atoms. The van der Waals surface area contributed by atoms with Crippen LogP contribution < -0.4 is 15.8 Å². The van der Waals surface area contributed by atoms with Crippen LogP contribution in [0.25, 0.3) is 16.7 Å². The minimum atomic E-state index is -0.834. The van der Waals surface area contributed by atoms with E-state index in [-0.39, 0.29) is 41.5 Å². The number of piperazine rings is 1. The Balaban J connectivity index is 1.75. The van der Waals surface area contributed by atoms with Gasteiger partial charge in [0.1, 0.15) is 17.3 Å². The molecule has 10 nitrogen and oxygen atoms in total. The molecule has 2 amide bonds. The molecule has 0 aliphatic carbocycles. The molecular formula is C28H32ClFN6O4. The molecule has 0 spiro atoms. The molecule has 1 saturated heterocycles. The molecule has 5 heterocycles. The molecule has 212 valence electrons. The summed E-state index contributed by atoms with van der Waals surface area (Å²) >= 11 is 6.16. The van der Waals surface area contributed by atoms with Gasteiger partial charge in [-0.2, -0.15) is 0 Å². The molecule has 0 saturated carbocycles. The van der Waals surface area contributed by atoms with Gasteiger partial charge in [-0.3, -0.25) is 19.1 Å². The second kappa shape index (κ2) is 9.72. The number of carbonyl (C=O) groups excluding carboxylic acids is 2. The average molecular weight is 571 g/mol. The van der Waals surface area contributed by atoms with Crippen LogP contribution in [0.4, 0.5) is 20.6 Å². The number of fused-ring (bicyclic) bond motifs is 5. The Kier molecular flexibility index (Phi) is 6.76. The summed E-state index contributed by atoms with van der Waals surface area (Å²) in [6.45, 7) is 13.1. The zero-order valence-electron chi connectivity index (χ0n) is 23.5. The van der Waals surface area contributed by atoms with Crippen LogP contribution in [0.15, 0.2) is 23.1 Å². The molecule has 0 unspecified atom stereocenters. The topological polar surface area (TPSA) is 110 Å². The van der Waals surface area contributed by atoms with Crippen LogP contribution in [0.5, 0.6) is 0 Å². The molecule has 2 atom stereocenters. The van der Waals surface area contributed by atoms with Crippen molar-refractivity contribution in [3.05, 3.63) is 50.9 Å². The van der Waals surface area contributed by atoms with Crippen LogP contribution in [0, 0.1) is 12.7 Å². The van der Waals surface area contributed by atoms with Crippen molar-refractivity contribution in [2.45, 2.75) is 72.1 Å². The highest BCUT2D eigenvalue weighted by molar-refractivity contribution is 6.30. The van der Waals surface area contributed by atoms with Crippen LogP contribution in [0.1, 0.15) is 58.7 Å². The first-order chi connectivity index (χ1) is 18.7. The molecule has 0 bridgehead atoms. The van der Waals surface area contributed by atoms with Gasteiger partial charge in [0.2, 0.25) is 5.91 Å². The number of carbonyl (C=O) groups is 2. The Morgan fingerprint density at radius 2 is 1.93 bits per heavy atom. The molecule has 5 rings (SSSR count). The Labute approximate surface area is 236 Å². The molecule has 12 heteroatoms. The van der Waals surface area contributed by atoms with Gasteiger partial charge in [-0.25, -0.2) is 14.2 Å². The van der Waals surface area contributed by atoms with Crippen molar-refractivity contribution in [1.82, 2.24) is 19.4 Å². The SMILES string of the molecule is Cc1ccnc(C(C)C)c1-n1c(=O)c2c(c3cc(F)c(Cl)nc31)N1C[C@@H](C)N(C(=O)OC(C)(C)C)C[C@@H]1C(=O)N2. The number of pyridine rings is 3. The van der Waals surface area contributed by atoms with Gasteiger partial charge in [-0.15, -0.1) is 0 Å². The van der Waals surface area contributed by atoms with Gasteiger partial charge in [0.25, 0.3) is 5.56 Å². The summed E-state index contributed by atoms with van der Waals surface area (Å²) in [5, 5.41) is 2.68. The lowest BCUT2D eigenvalue weighted by Crippen LogP contribution is -2.65. The van der Waals surface area contributed by atoms with E-state index >= 15 is 0 Å². The summed E-state index contributed by atoms with van der Waals surface area (Å²) < 4.78 is 21.9. The van der Waals surface area contributed by atoms with E-state index in [9.17, 15) is 18.8 Å². The van der Waals surface area contributed by atoms with Gasteiger partial charge < -0.3 is 19.9 Å². The second-order valence-electron chi connectivity index (χ2n) is 11.7. The maximum Gasteiger partial charge on any atom is 0.410 e. The third-order valence-electron chi connectivity index (χ3n) is 7.16. The lowest BCUT2D eigenvalue weighted by molar-refractivity contribution is -0.118. The Morgan fingerprint density at radius 3 is 2.58 bits per heavy atom. The van der Waals surface area contributed by atoms with Crippen LogP contribution in [-0.2, 0) is 9.53 Å². The van der Waals surface area contributed by atoms with Crippen LogP contribution >= 0.6 is 11.6 Å². The maximum atomic E-state index is 15.0. The number of aryl methyl sites for hydroxylation is 1. The molecule has 1 N–H and O–H groups in total. The Morgan fingerprint density at radius 1 is 1.23 bits per heavy atom. The number of nitrogens with zero attached hydrogens (tertiary/aromatic N) is 5. The first-order valence-electron chi connectivity index (χ1n) is 13.2. The van der Waals surface area contributed by atoms with Crippen molar-refractivity contribution in [1.29, 1.82) is 0 Å². The molecular weight excluding hydrogens is 539 g/mol. The normalized spacial score (nSPS) is 19.0. The highest BCUT2D eigenvalue weighted by Gasteiger charge is 2.45. The average Bonchev–Trinajstić information content (AvgIpc) is 2.84. The summed E-state index contributed by atoms with van der Waals surface area (Å²) in [4.78, 5) is 52.7. The minimum Gasteiger partial charge on any atom is -0.444 e. The largest absolute Gasteiger partial charge is 0.444 e. The van der Waals surface area contributed by atoms with E-state index in [1.807, 2.05) is 27.7 Å². The second-order valence-corrected chi connectivity index (χ2v) is 12.0. The van der Waals surface area contributed by atoms with Crippen molar-refractivity contribution in [2.24, 2.45) is 0 Å². The quantitative estimate of drug-likeness (QED) is 0.442. The highest BCUT2D eigenvalue weighted by atomic mass is 35.5. The summed E-state index contributed by atoms with van der Waals surface area (Å²) in [5.74, 6) is -1.27. The molecule has 1 fully saturated rings. The Bertz CT molecular complexity index is 1620. The number of halogens is 2. The number of amides is 2. The molecule has 3 aromatic heterocycles. The predicted octanol–water partition coefficient (Wildman–Crippen LogP) is 4.77. The summed E-state index contributed by atoms with van der Waals surface area (Å²) in [6.07, 6.45) is 1.13. The fourth-order valence-electron chi connectivity index (χ4n) is 5.38. The van der Waals surface area contributed by atoms with E-state index in [4.69, 9.17) is 16.3 Å². The zero-order valence-corrected chi connectivity index (χ0v) is 24.3. The monoisotopic (exact) mass is 570 g/mol. The molecule has 2 aliphatic rings. The summed E-state index contributed by atoms with van der Waals surface area (Å²) in [6, 6.07) is 1.80. The minimum absolute atomic E-state index is 0.00755. The summed E-state index contributed by atoms with van der Waals surface area (Å²) in [7, 11) is 0. The Hall–Kier alpha value is -3.73. The van der Waals surface area contributed by atoms with Gasteiger partial charge in [-0.05, 0) is 58.2 Å². The molecule has 3 aromatic rings. The van der Waals surface area contributed by atoms with E-state index in [1.165, 1.54) is 15.5 Å². The van der Waals surface area contributed by atoms with E-state index in [1.54, 1.807) is 37.9 Å². The number of nitrogens with one attached hydrogen (secondary N) is 1. The van der Waals surface area contributed by atoms with Crippen molar-refractivity contribution >= 4 is 46.0 Å². The van der Waals surface area contributed by atoms with Gasteiger partial charge >= 0.3 is 6.09 Å². The smallest absolute Gasteiger partial charge is 0.410 e. The first kappa shape index (κ1) is 27.8. The number of aromatic nitrogens is 3. The molecule has 0 radical (unpaired) electrons. The standard InChI is InChI=1S/C28H32ClFN6O4/c1-13(2)19-21(14(3)8-9-31-19)36-24-16(10-17(30)23(29)33-24)22-20(26(36)38)32-25(37)18-12-34(15(4)11-35(18)22)27(39)40-28(5,6)7/h8-10,13,15,18H,11-12H2,1-7H3,(H,32,37)/t15-,18-/m1/s1. The fraction of sp³-hybridized carbons (Fsp3) is 0.464. The van der Waals surface area contributed by atoms with E-state index < -0.39 is 35.0 Å². The van der Waals surface area contributed by atoms with Gasteiger partial charge in [0.15, 0.2) is 16.6 Å². The molecule has 2 aliphatic heterocycles. The number of anilines is 2. The predicted molar refractivity (Wildman–Crippen MR) is 151 cm³/mol. The van der Waals surface area contributed by atoms with Crippen molar-refractivity contribution in [3.63, 3.8) is 0 Å². The number of ether oxygens (including phenoxy) is 1. The van der Waals surface area contributed by atoms with E-state index in [2.05, 4.69) is 15.3 Å². The van der Waals surface area contributed by atoms with E-state index in [0.717, 1.165) is 5.56 Å². The molecule has 0 aromatic carbocycles. The van der Waals surface area contributed by atoms with Crippen LogP contribution in [-0.4, -0.2) is 62.2 Å². The third kappa shape index (κ3) is 4.55. The van der Waals surface area contributed by atoms with Gasteiger partial charge in [-0.1, -0.05) is 25.4 Å². The fourth-order valence-corrected chi connectivity index (χ4v) is 5.51. The highest BCUT2D eigenvalue weighted by Crippen LogP contribution is 2.40. The van der Waals surface area contributed by atoms with Gasteiger partial charge in [0.05, 0.1) is 23.6 Å². The number of hydrogen-bond donors (Lipinski definition) is 1. The lowest BCUT2D eigenvalue weighted by atomic mass is 9.99. The van der Waals surface area contributed by atoms with E-state index in [0.29, 0.717) is 22.5 Å². The third-order valence-corrected chi connectivity index (χ3v) is 7.43. The van der Waals surface area contributed by atoms with Gasteiger partial charge in [0, 0.05) is 24.2 Å². The zero-order chi connectivity index (χ0) is 29.3. The van der Waals surface area contributed by atoms with Crippen molar-refractivity contribution in [3.8, 4) is 5.69 Å². The van der Waals surface area contributed by atoms with Crippen molar-refractivity contribution in [2.75, 3.05) is 23.3 Å². The first-order valence-corrected chi connectivity index (χ1v) is 13.5. The maximum absolute atomic E-state index is 15.0. The van der Waals surface area contributed by atoms with Crippen LogP contribution in [0.3, 0.4) is 0 Å². The summed E-state index contributed by atoms with van der Waals surface area (Å²) in [5.41, 5.74) is 1.15. The van der Waals surface area contributed by atoms with Crippen molar-refractivity contribution < 1.29 is 18.7 Å². The number of hydrogen-bond acceptors (Lipinski definition) is 7. The number of rotatable bonds is 2. The lowest BCUT2D eigenvalue weighted by Gasteiger charge is -2.48.